The van der Waals surface area contributed by atoms with Crippen LogP contribution in [0.15, 0.2) is 0 Å². The number of nitrogens with two attached hydrogens (primary N) is 1. The maximum Gasteiger partial charge on any atom is 0.325 e. The van der Waals surface area contributed by atoms with Crippen molar-refractivity contribution in [2.24, 2.45) is 5.73 Å². The number of hydrogen-bond acceptors (Lipinski definition) is 6. The van der Waals surface area contributed by atoms with Crippen LogP contribution in [0.4, 0.5) is 0 Å². The van der Waals surface area contributed by atoms with E-state index < -0.39 is 21.3 Å². The minimum atomic E-state index is -2.91. The molecule has 0 aromatic heterocycles. The van der Waals surface area contributed by atoms with Crippen LogP contribution in [0, 0.1) is 0 Å². The quantitative estimate of drug-likeness (QED) is 0.720. The van der Waals surface area contributed by atoms with Crippen molar-refractivity contribution in [3.8, 4) is 0 Å². The lowest BCUT2D eigenvalue weighted by Crippen LogP contribution is -2.51. The van der Waals surface area contributed by atoms with Crippen molar-refractivity contribution in [1.29, 1.82) is 0 Å². The summed E-state index contributed by atoms with van der Waals surface area (Å²) in [5.41, 5.74) is 4.91. The highest BCUT2D eigenvalue weighted by atomic mass is 32.2. The monoisotopic (exact) mass is 292 g/mol. The third kappa shape index (κ3) is 4.74. The van der Waals surface area contributed by atoms with Gasteiger partial charge in [0, 0.05) is 12.6 Å². The predicted molar refractivity (Wildman–Crippen MR) is 73.5 cm³/mol. The van der Waals surface area contributed by atoms with Gasteiger partial charge in [0.1, 0.15) is 5.54 Å². The van der Waals surface area contributed by atoms with Crippen molar-refractivity contribution in [2.45, 2.75) is 38.3 Å². The molecule has 0 saturated carbocycles. The number of ether oxygens (including phenoxy) is 1. The molecular weight excluding hydrogens is 268 g/mol. The minimum Gasteiger partial charge on any atom is -0.468 e. The number of rotatable bonds is 4. The smallest absolute Gasteiger partial charge is 0.325 e. The van der Waals surface area contributed by atoms with Crippen LogP contribution in [0.25, 0.3) is 0 Å². The summed E-state index contributed by atoms with van der Waals surface area (Å²) in [7, 11) is -1.60. The third-order valence-electron chi connectivity index (χ3n) is 3.58. The highest BCUT2D eigenvalue weighted by Gasteiger charge is 2.33. The molecule has 0 aliphatic carbocycles. The molecule has 0 amide bonds. The molecule has 1 aliphatic heterocycles. The average Bonchev–Trinajstić information content (AvgIpc) is 2.48. The van der Waals surface area contributed by atoms with Crippen molar-refractivity contribution in [2.75, 3.05) is 31.7 Å². The zero-order valence-corrected chi connectivity index (χ0v) is 12.7. The van der Waals surface area contributed by atoms with Gasteiger partial charge >= 0.3 is 5.97 Å². The second-order valence-corrected chi connectivity index (χ2v) is 7.81. The molecule has 0 spiro atoms. The van der Waals surface area contributed by atoms with Crippen molar-refractivity contribution < 1.29 is 17.9 Å². The van der Waals surface area contributed by atoms with Crippen LogP contribution in [-0.4, -0.2) is 62.6 Å². The zero-order valence-electron chi connectivity index (χ0n) is 11.9. The summed E-state index contributed by atoms with van der Waals surface area (Å²) in [5, 5.41) is 0. The molecule has 2 atom stereocenters. The Kier molecular flexibility index (Phi) is 5.34. The van der Waals surface area contributed by atoms with Crippen LogP contribution in [0.1, 0.15) is 26.7 Å². The Bertz CT molecular complexity index is 419. The van der Waals surface area contributed by atoms with Gasteiger partial charge in [-0.05, 0) is 33.2 Å². The number of methoxy groups -OCH3 is 1. The first-order valence-electron chi connectivity index (χ1n) is 6.50. The fraction of sp³-hybridized carbons (Fsp3) is 0.917. The zero-order chi connectivity index (χ0) is 14.7. The molecule has 0 aromatic carbocycles. The fourth-order valence-corrected chi connectivity index (χ4v) is 3.74. The number of sulfone groups is 1. The molecule has 112 valence electrons. The molecule has 7 heteroatoms. The maximum atomic E-state index is 11.6. The lowest BCUT2D eigenvalue weighted by Gasteiger charge is -2.32. The van der Waals surface area contributed by atoms with Crippen LogP contribution in [-0.2, 0) is 19.4 Å². The van der Waals surface area contributed by atoms with E-state index in [0.717, 1.165) is 6.54 Å². The summed E-state index contributed by atoms with van der Waals surface area (Å²) in [6.07, 6.45) is 1.08. The van der Waals surface area contributed by atoms with Crippen LogP contribution >= 0.6 is 0 Å². The minimum absolute atomic E-state index is 0.0439. The van der Waals surface area contributed by atoms with Crippen LogP contribution in [0.5, 0.6) is 0 Å². The van der Waals surface area contributed by atoms with Crippen molar-refractivity contribution in [3.63, 3.8) is 0 Å². The Morgan fingerprint density at radius 2 is 2.05 bits per heavy atom. The molecule has 1 fully saturated rings. The van der Waals surface area contributed by atoms with E-state index in [-0.39, 0.29) is 17.5 Å². The van der Waals surface area contributed by atoms with E-state index in [9.17, 15) is 13.2 Å². The van der Waals surface area contributed by atoms with Crippen molar-refractivity contribution in [3.05, 3.63) is 0 Å². The lowest BCUT2D eigenvalue weighted by molar-refractivity contribution is -0.147. The second kappa shape index (κ2) is 6.19. The van der Waals surface area contributed by atoms with Crippen LogP contribution < -0.4 is 5.73 Å². The van der Waals surface area contributed by atoms with Crippen molar-refractivity contribution in [1.82, 2.24) is 4.90 Å². The molecule has 1 aliphatic rings. The molecule has 0 radical (unpaired) electrons. The first-order chi connectivity index (χ1) is 8.68. The largest absolute Gasteiger partial charge is 0.468 e. The molecular formula is C12H24N2O4S. The van der Waals surface area contributed by atoms with Gasteiger partial charge in [-0.25, -0.2) is 8.42 Å². The summed E-state index contributed by atoms with van der Waals surface area (Å²) in [5.74, 6) is -0.0222. The summed E-state index contributed by atoms with van der Waals surface area (Å²) in [6.45, 7) is 4.83. The molecule has 6 nitrogen and oxygen atoms in total. The van der Waals surface area contributed by atoms with Gasteiger partial charge in [-0.15, -0.1) is 0 Å². The molecule has 2 unspecified atom stereocenters. The number of nitrogens with zero attached hydrogens (tertiary/aromatic N) is 1. The molecule has 2 N–H and O–H groups in total. The maximum absolute atomic E-state index is 11.6. The van der Waals surface area contributed by atoms with Gasteiger partial charge in [-0.3, -0.25) is 9.69 Å². The normalized spacial score (nSPS) is 25.1. The summed E-state index contributed by atoms with van der Waals surface area (Å²) >= 11 is 0. The molecule has 0 bridgehead atoms. The molecule has 1 heterocycles. The first-order valence-corrected chi connectivity index (χ1v) is 8.32. The fourth-order valence-electron chi connectivity index (χ4n) is 2.46. The van der Waals surface area contributed by atoms with Gasteiger partial charge in [0.2, 0.25) is 0 Å². The standard InChI is InChI=1S/C12H24N2O4S/c1-10(9-12(2,13)11(15)18-3)14-5-4-7-19(16,17)8-6-14/h10H,4-9,13H2,1-3H3. The summed E-state index contributed by atoms with van der Waals surface area (Å²) in [6, 6.07) is 0.0439. The number of esters is 1. The van der Waals surface area contributed by atoms with Gasteiger partial charge in [-0.1, -0.05) is 0 Å². The van der Waals surface area contributed by atoms with E-state index in [4.69, 9.17) is 5.73 Å². The van der Waals surface area contributed by atoms with Gasteiger partial charge in [0.15, 0.2) is 9.84 Å². The van der Waals surface area contributed by atoms with Crippen LogP contribution in [0.3, 0.4) is 0 Å². The molecule has 1 rings (SSSR count). The lowest BCUT2D eigenvalue weighted by atomic mass is 9.94. The Labute approximate surface area is 115 Å². The Balaban J connectivity index is 2.63. The molecule has 1 saturated heterocycles. The molecule has 19 heavy (non-hydrogen) atoms. The number of carbonyl (C=O) groups excluding carboxylic acids is 1. The van der Waals surface area contributed by atoms with Crippen LogP contribution in [0.2, 0.25) is 0 Å². The summed E-state index contributed by atoms with van der Waals surface area (Å²) in [4.78, 5) is 13.6. The summed E-state index contributed by atoms with van der Waals surface area (Å²) < 4.78 is 27.8. The first kappa shape index (κ1) is 16.4. The van der Waals surface area contributed by atoms with E-state index in [0.29, 0.717) is 19.4 Å². The molecule has 0 aromatic rings. The van der Waals surface area contributed by atoms with Crippen molar-refractivity contribution >= 4 is 15.8 Å². The Morgan fingerprint density at radius 1 is 1.42 bits per heavy atom. The third-order valence-corrected chi connectivity index (χ3v) is 5.30. The average molecular weight is 292 g/mol. The van der Waals surface area contributed by atoms with Gasteiger partial charge in [-0.2, -0.15) is 0 Å². The van der Waals surface area contributed by atoms with E-state index in [1.54, 1.807) is 6.92 Å². The van der Waals surface area contributed by atoms with E-state index in [2.05, 4.69) is 9.64 Å². The second-order valence-electron chi connectivity index (χ2n) is 5.50. The Hall–Kier alpha value is -0.660. The topological polar surface area (TPSA) is 89.7 Å². The van der Waals surface area contributed by atoms with E-state index in [1.165, 1.54) is 7.11 Å². The van der Waals surface area contributed by atoms with Gasteiger partial charge in [0.25, 0.3) is 0 Å². The van der Waals surface area contributed by atoms with E-state index in [1.807, 2.05) is 6.92 Å². The Morgan fingerprint density at radius 3 is 2.63 bits per heavy atom. The SMILES string of the molecule is COC(=O)C(C)(N)CC(C)N1CCCS(=O)(=O)CC1. The van der Waals surface area contributed by atoms with Gasteiger partial charge < -0.3 is 10.5 Å². The highest BCUT2D eigenvalue weighted by molar-refractivity contribution is 7.91. The number of hydrogen-bond donors (Lipinski definition) is 1. The highest BCUT2D eigenvalue weighted by Crippen LogP contribution is 2.17. The van der Waals surface area contributed by atoms with Gasteiger partial charge in [0.05, 0.1) is 18.6 Å². The number of carbonyl (C=O) groups is 1. The van der Waals surface area contributed by atoms with E-state index >= 15 is 0 Å². The predicted octanol–water partition coefficient (Wildman–Crippen LogP) is -0.224.